The van der Waals surface area contributed by atoms with E-state index >= 15 is 0 Å². The summed E-state index contributed by atoms with van der Waals surface area (Å²) in [6, 6.07) is 43.2. The maximum atomic E-state index is 6.53. The summed E-state index contributed by atoms with van der Waals surface area (Å²) in [4.78, 5) is 11.4. The summed E-state index contributed by atoms with van der Waals surface area (Å²) in [5, 5.41) is 7.19. The summed E-state index contributed by atoms with van der Waals surface area (Å²) < 4.78 is 8.90. The number of para-hydroxylation sites is 1. The Morgan fingerprint density at radius 1 is 0.849 bits per heavy atom. The molecule has 0 bridgehead atoms. The van der Waals surface area contributed by atoms with Crippen LogP contribution < -0.4 is 0 Å². The monoisotopic (exact) mass is 703 g/mol. The topological polar surface area (TPSA) is 42.8 Å². The molecule has 2 aliphatic rings. The molecule has 10 rings (SSSR count). The van der Waals surface area contributed by atoms with Crippen molar-refractivity contribution in [3.05, 3.63) is 169 Å². The van der Waals surface area contributed by atoms with Crippen LogP contribution in [0.5, 0.6) is 0 Å². The van der Waals surface area contributed by atoms with Crippen LogP contribution in [-0.4, -0.2) is 22.4 Å². The Hall–Kier alpha value is -5.91. The van der Waals surface area contributed by atoms with Gasteiger partial charge in [0.15, 0.2) is 5.84 Å². The van der Waals surface area contributed by atoms with E-state index in [4.69, 9.17) is 9.41 Å². The SMILES string of the molecule is C=C/C=C1/C=CCC1(C)C[C@@H]1Sc2ccccc2C1/N=C(\N=C)c1cccc2oc3ccc(-n4c5ccccc5c5cc6ccccc6cc54)cc3c12. The van der Waals surface area contributed by atoms with Gasteiger partial charge in [-0.2, -0.15) is 0 Å². The minimum atomic E-state index is -0.0736. The first-order chi connectivity index (χ1) is 26.0. The molecule has 2 aromatic heterocycles. The molecule has 6 aromatic carbocycles. The van der Waals surface area contributed by atoms with Crippen molar-refractivity contribution in [2.75, 3.05) is 0 Å². The van der Waals surface area contributed by atoms with Crippen LogP contribution in [0.2, 0.25) is 0 Å². The fraction of sp³-hybridized carbons (Fsp3) is 0.125. The van der Waals surface area contributed by atoms with Gasteiger partial charge in [-0.25, -0.2) is 4.99 Å². The highest BCUT2D eigenvalue weighted by Crippen LogP contribution is 2.54. The van der Waals surface area contributed by atoms with Gasteiger partial charge in [-0.05, 0) is 95.4 Å². The number of furan rings is 1. The van der Waals surface area contributed by atoms with Gasteiger partial charge >= 0.3 is 0 Å². The largest absolute Gasteiger partial charge is 0.456 e. The summed E-state index contributed by atoms with van der Waals surface area (Å²) in [5.74, 6) is 0.635. The maximum absolute atomic E-state index is 6.53. The Labute approximate surface area is 312 Å². The number of benzene rings is 6. The number of rotatable bonds is 6. The number of hydrogen-bond donors (Lipinski definition) is 0. The quantitative estimate of drug-likeness (QED) is 0.128. The Morgan fingerprint density at radius 3 is 2.53 bits per heavy atom. The van der Waals surface area contributed by atoms with Gasteiger partial charge < -0.3 is 8.98 Å². The van der Waals surface area contributed by atoms with E-state index in [0.717, 1.165) is 46.0 Å². The third-order valence-corrected chi connectivity index (χ3v) is 12.7. The van der Waals surface area contributed by atoms with Gasteiger partial charge in [-0.15, -0.1) is 11.8 Å². The number of aromatic nitrogens is 1. The lowest BCUT2D eigenvalue weighted by Gasteiger charge is -2.31. The van der Waals surface area contributed by atoms with Crippen LogP contribution in [0.3, 0.4) is 0 Å². The van der Waals surface area contributed by atoms with Crippen LogP contribution in [0.25, 0.3) is 60.2 Å². The van der Waals surface area contributed by atoms with Crippen LogP contribution in [-0.2, 0) is 0 Å². The summed E-state index contributed by atoms with van der Waals surface area (Å²) in [6.45, 7) is 10.4. The molecule has 0 fully saturated rings. The van der Waals surface area contributed by atoms with E-state index in [-0.39, 0.29) is 16.7 Å². The lowest BCUT2D eigenvalue weighted by atomic mass is 9.77. The summed E-state index contributed by atoms with van der Waals surface area (Å²) in [5.41, 5.74) is 8.57. The van der Waals surface area contributed by atoms with Crippen molar-refractivity contribution in [2.24, 2.45) is 15.4 Å². The molecule has 0 radical (unpaired) electrons. The van der Waals surface area contributed by atoms with Crippen LogP contribution in [0.4, 0.5) is 0 Å². The Kier molecular flexibility index (Phi) is 7.41. The molecule has 0 saturated heterocycles. The highest BCUT2D eigenvalue weighted by Gasteiger charge is 2.40. The molecule has 53 heavy (non-hydrogen) atoms. The second kappa shape index (κ2) is 12.4. The van der Waals surface area contributed by atoms with Crippen LogP contribution >= 0.6 is 11.8 Å². The zero-order valence-corrected chi connectivity index (χ0v) is 30.3. The van der Waals surface area contributed by atoms with Crippen molar-refractivity contribution in [2.45, 2.75) is 36.0 Å². The van der Waals surface area contributed by atoms with Gasteiger partial charge in [0.25, 0.3) is 0 Å². The third-order valence-electron chi connectivity index (χ3n) is 11.3. The molecule has 1 aliphatic heterocycles. The van der Waals surface area contributed by atoms with E-state index in [1.54, 1.807) is 0 Å². The Morgan fingerprint density at radius 2 is 1.66 bits per heavy atom. The molecule has 1 aliphatic carbocycles. The average Bonchev–Trinajstić information content (AvgIpc) is 3.93. The number of fused-ring (bicyclic) bond motifs is 8. The molecule has 4 nitrogen and oxygen atoms in total. The Bertz CT molecular complexity index is 2900. The zero-order valence-electron chi connectivity index (χ0n) is 29.5. The molecule has 3 atom stereocenters. The number of hydrogen-bond acceptors (Lipinski definition) is 3. The number of nitrogens with zero attached hydrogens (tertiary/aromatic N) is 3. The smallest absolute Gasteiger partial charge is 0.155 e. The summed E-state index contributed by atoms with van der Waals surface area (Å²) in [7, 11) is 0. The van der Waals surface area contributed by atoms with E-state index in [0.29, 0.717) is 5.84 Å². The lowest BCUT2D eigenvalue weighted by molar-refractivity contribution is 0.372. The van der Waals surface area contributed by atoms with Crippen molar-refractivity contribution in [3.63, 3.8) is 0 Å². The van der Waals surface area contributed by atoms with Gasteiger partial charge in [-0.1, -0.05) is 111 Å². The second-order valence-corrected chi connectivity index (χ2v) is 15.8. The zero-order chi connectivity index (χ0) is 35.7. The second-order valence-electron chi connectivity index (χ2n) is 14.5. The molecule has 5 heteroatoms. The van der Waals surface area contributed by atoms with Gasteiger partial charge in [-0.3, -0.25) is 4.99 Å². The normalized spacial score (nSPS) is 20.8. The first-order valence-electron chi connectivity index (χ1n) is 18.2. The predicted octanol–water partition coefficient (Wildman–Crippen LogP) is 13.0. The van der Waals surface area contributed by atoms with E-state index in [1.165, 1.54) is 48.6 Å². The maximum Gasteiger partial charge on any atom is 0.155 e. The van der Waals surface area contributed by atoms with Crippen LogP contribution in [0.1, 0.15) is 36.9 Å². The highest BCUT2D eigenvalue weighted by atomic mass is 32.2. The standard InChI is InChI=1S/C48H37N3OS/c1-4-13-32-16-12-25-48(32,2)29-44-46(35-18-8-10-22-43(35)53-44)50-47(49-3)36-19-11-21-42-45(36)38-28-33(23-24-41(38)52-42)51-39-20-9-7-17-34(39)37-26-30-14-5-6-15-31(30)27-40(37)51/h4-24,26-28,44,46H,1,3,25,29H2,2H3/b32-13-,50-47-/t44-,46?,48?/m0/s1. The average molecular weight is 704 g/mol. The molecule has 256 valence electrons. The van der Waals surface area contributed by atoms with Crippen molar-refractivity contribution in [1.29, 1.82) is 0 Å². The molecule has 2 unspecified atom stereocenters. The van der Waals surface area contributed by atoms with Crippen molar-refractivity contribution in [3.8, 4) is 5.69 Å². The number of aliphatic imine (C=N–C) groups is 2. The van der Waals surface area contributed by atoms with Crippen LogP contribution in [0, 0.1) is 5.41 Å². The Balaban J connectivity index is 1.13. The minimum Gasteiger partial charge on any atom is -0.456 e. The summed E-state index contributed by atoms with van der Waals surface area (Å²) >= 11 is 1.94. The molecule has 8 aromatic rings. The van der Waals surface area contributed by atoms with E-state index < -0.39 is 0 Å². The fourth-order valence-corrected chi connectivity index (χ4v) is 10.4. The van der Waals surface area contributed by atoms with Crippen LogP contribution in [0.15, 0.2) is 177 Å². The minimum absolute atomic E-state index is 0.0136. The van der Waals surface area contributed by atoms with E-state index in [9.17, 15) is 0 Å². The van der Waals surface area contributed by atoms with Crippen molar-refractivity contribution in [1.82, 2.24) is 4.57 Å². The number of thioether (sulfide) groups is 1. The third kappa shape index (κ3) is 5.06. The fourth-order valence-electron chi connectivity index (χ4n) is 8.76. The number of amidine groups is 1. The van der Waals surface area contributed by atoms with Gasteiger partial charge in [0.2, 0.25) is 0 Å². The van der Waals surface area contributed by atoms with Gasteiger partial charge in [0.1, 0.15) is 11.2 Å². The molecule has 0 saturated carbocycles. The first-order valence-corrected chi connectivity index (χ1v) is 19.1. The number of allylic oxidation sites excluding steroid dienone is 5. The van der Waals surface area contributed by atoms with Gasteiger partial charge in [0.05, 0.1) is 17.1 Å². The van der Waals surface area contributed by atoms with Gasteiger partial charge in [0, 0.05) is 42.9 Å². The molecule has 0 amide bonds. The highest BCUT2D eigenvalue weighted by molar-refractivity contribution is 8.00. The molecular weight excluding hydrogens is 667 g/mol. The molecule has 0 N–H and O–H groups in total. The predicted molar refractivity (Wildman–Crippen MR) is 225 cm³/mol. The van der Waals surface area contributed by atoms with Crippen molar-refractivity contribution < 1.29 is 4.42 Å². The molecule has 0 spiro atoms. The lowest BCUT2D eigenvalue weighted by Crippen LogP contribution is -2.23. The van der Waals surface area contributed by atoms with E-state index in [2.05, 4.69) is 157 Å². The van der Waals surface area contributed by atoms with Crippen molar-refractivity contribution >= 4 is 78.8 Å². The first kappa shape index (κ1) is 31.8. The van der Waals surface area contributed by atoms with E-state index in [1.807, 2.05) is 30.0 Å². The summed E-state index contributed by atoms with van der Waals surface area (Å²) in [6.07, 6.45) is 10.6. The molecular formula is C48H37N3OS. The molecule has 3 heterocycles.